The highest BCUT2D eigenvalue weighted by Gasteiger charge is 2.27. The standard InChI is InChI=1S/C13H21Cl2N5O/c1-12(2,3)6-13(4,5)18-11(21)20-19-10-8(14)9(15)16-7-17-10/h7H,6H2,1-5H3,(H,16,17,19)(H2,18,20,21). The molecular weight excluding hydrogens is 313 g/mol. The maximum atomic E-state index is 11.9. The third kappa shape index (κ3) is 6.35. The first-order valence-corrected chi connectivity index (χ1v) is 7.26. The molecule has 0 fully saturated rings. The van der Waals surface area contributed by atoms with Crippen molar-refractivity contribution < 1.29 is 4.79 Å². The number of carbonyl (C=O) groups excluding carboxylic acids is 1. The number of nitrogens with one attached hydrogen (secondary N) is 3. The van der Waals surface area contributed by atoms with E-state index >= 15 is 0 Å². The first kappa shape index (κ1) is 17.8. The summed E-state index contributed by atoms with van der Waals surface area (Å²) in [7, 11) is 0. The smallest absolute Gasteiger partial charge is 0.332 e. The van der Waals surface area contributed by atoms with Gasteiger partial charge in [0.1, 0.15) is 11.3 Å². The van der Waals surface area contributed by atoms with Crippen molar-refractivity contribution in [1.29, 1.82) is 0 Å². The van der Waals surface area contributed by atoms with Crippen LogP contribution in [0.2, 0.25) is 10.2 Å². The van der Waals surface area contributed by atoms with Gasteiger partial charge in [0.25, 0.3) is 0 Å². The van der Waals surface area contributed by atoms with Crippen LogP contribution in [0.4, 0.5) is 10.6 Å². The van der Waals surface area contributed by atoms with Gasteiger partial charge in [-0.3, -0.25) is 10.9 Å². The lowest BCUT2D eigenvalue weighted by Gasteiger charge is -2.33. The summed E-state index contributed by atoms with van der Waals surface area (Å²) in [6, 6.07) is -0.380. The van der Waals surface area contributed by atoms with E-state index in [1.54, 1.807) is 0 Å². The van der Waals surface area contributed by atoms with E-state index in [4.69, 9.17) is 23.2 Å². The topological polar surface area (TPSA) is 78.9 Å². The van der Waals surface area contributed by atoms with E-state index in [-0.39, 0.29) is 33.0 Å². The molecule has 0 spiro atoms. The van der Waals surface area contributed by atoms with Crippen LogP contribution in [0.25, 0.3) is 0 Å². The Bertz CT molecular complexity index is 514. The molecule has 0 unspecified atom stereocenters. The molecule has 1 aromatic heterocycles. The van der Waals surface area contributed by atoms with Crippen LogP contribution in [0.1, 0.15) is 41.0 Å². The van der Waals surface area contributed by atoms with Crippen molar-refractivity contribution in [1.82, 2.24) is 20.7 Å². The van der Waals surface area contributed by atoms with Gasteiger partial charge in [0, 0.05) is 5.54 Å². The molecule has 6 nitrogen and oxygen atoms in total. The van der Waals surface area contributed by atoms with Crippen molar-refractivity contribution in [3.63, 3.8) is 0 Å². The largest absolute Gasteiger partial charge is 0.333 e. The normalized spacial score (nSPS) is 12.0. The molecule has 0 aliphatic rings. The average molecular weight is 334 g/mol. The predicted octanol–water partition coefficient (Wildman–Crippen LogP) is 3.62. The van der Waals surface area contributed by atoms with Gasteiger partial charge in [-0.15, -0.1) is 0 Å². The van der Waals surface area contributed by atoms with E-state index in [0.29, 0.717) is 0 Å². The lowest BCUT2D eigenvalue weighted by atomic mass is 9.82. The molecule has 1 heterocycles. The van der Waals surface area contributed by atoms with Gasteiger partial charge in [0.05, 0.1) is 0 Å². The third-order valence-corrected chi connectivity index (χ3v) is 3.21. The molecule has 0 saturated carbocycles. The molecular formula is C13H21Cl2N5O. The first-order valence-electron chi connectivity index (χ1n) is 6.50. The number of anilines is 1. The van der Waals surface area contributed by atoms with Gasteiger partial charge in [0.2, 0.25) is 0 Å². The van der Waals surface area contributed by atoms with Crippen molar-refractivity contribution in [2.24, 2.45) is 5.41 Å². The SMILES string of the molecule is CC(C)(C)CC(C)(C)NC(=O)NNc1ncnc(Cl)c1Cl. The zero-order valence-electron chi connectivity index (χ0n) is 12.8. The molecule has 0 atom stereocenters. The number of hydrogen-bond donors (Lipinski definition) is 3. The van der Waals surface area contributed by atoms with Gasteiger partial charge < -0.3 is 5.32 Å². The molecule has 0 aliphatic heterocycles. The Balaban J connectivity index is 2.56. The molecule has 0 saturated heterocycles. The van der Waals surface area contributed by atoms with Crippen molar-refractivity contribution in [2.45, 2.75) is 46.6 Å². The lowest BCUT2D eigenvalue weighted by Crippen LogP contribution is -2.51. The second-order valence-electron chi connectivity index (χ2n) is 6.65. The van der Waals surface area contributed by atoms with Crippen LogP contribution >= 0.6 is 23.2 Å². The fourth-order valence-electron chi connectivity index (χ4n) is 2.26. The van der Waals surface area contributed by atoms with Gasteiger partial charge in [-0.05, 0) is 25.7 Å². The summed E-state index contributed by atoms with van der Waals surface area (Å²) in [5.41, 5.74) is 4.84. The van der Waals surface area contributed by atoms with Crippen molar-refractivity contribution in [2.75, 3.05) is 5.43 Å². The molecule has 3 N–H and O–H groups in total. The van der Waals surface area contributed by atoms with E-state index < -0.39 is 0 Å². The Hall–Kier alpha value is -1.27. The maximum Gasteiger partial charge on any atom is 0.333 e. The van der Waals surface area contributed by atoms with Gasteiger partial charge in [-0.2, -0.15) is 0 Å². The molecule has 8 heteroatoms. The number of hydrazine groups is 1. The number of hydrogen-bond acceptors (Lipinski definition) is 4. The molecule has 0 aromatic carbocycles. The summed E-state index contributed by atoms with van der Waals surface area (Å²) >= 11 is 11.7. The summed E-state index contributed by atoms with van der Waals surface area (Å²) < 4.78 is 0. The Morgan fingerprint density at radius 1 is 1.19 bits per heavy atom. The van der Waals surface area contributed by atoms with E-state index in [1.165, 1.54) is 6.33 Å². The van der Waals surface area contributed by atoms with Gasteiger partial charge in [0.15, 0.2) is 11.0 Å². The van der Waals surface area contributed by atoms with E-state index in [2.05, 4.69) is 46.9 Å². The van der Waals surface area contributed by atoms with Crippen LogP contribution in [0.3, 0.4) is 0 Å². The summed E-state index contributed by atoms with van der Waals surface area (Å²) in [5.74, 6) is 0.237. The Morgan fingerprint density at radius 2 is 1.81 bits per heavy atom. The minimum Gasteiger partial charge on any atom is -0.332 e. The molecule has 118 valence electrons. The van der Waals surface area contributed by atoms with Crippen molar-refractivity contribution >= 4 is 35.1 Å². The average Bonchev–Trinajstić information content (AvgIpc) is 2.27. The first-order chi connectivity index (χ1) is 9.50. The highest BCUT2D eigenvalue weighted by molar-refractivity contribution is 6.42. The zero-order valence-corrected chi connectivity index (χ0v) is 14.4. The monoisotopic (exact) mass is 333 g/mol. The molecule has 0 aliphatic carbocycles. The van der Waals surface area contributed by atoms with Gasteiger partial charge in [-0.1, -0.05) is 44.0 Å². The van der Waals surface area contributed by atoms with Crippen LogP contribution in [0.5, 0.6) is 0 Å². The Kier molecular flexibility index (Phi) is 5.64. The number of nitrogens with zero attached hydrogens (tertiary/aromatic N) is 2. The number of rotatable bonds is 4. The summed E-state index contributed by atoms with van der Waals surface area (Å²) in [6.07, 6.45) is 2.08. The number of urea groups is 1. The fraction of sp³-hybridized carbons (Fsp3) is 0.615. The second-order valence-corrected chi connectivity index (χ2v) is 7.39. The summed E-state index contributed by atoms with van der Waals surface area (Å²) in [4.78, 5) is 19.5. The van der Waals surface area contributed by atoms with Crippen LogP contribution in [0, 0.1) is 5.41 Å². The number of halogens is 2. The lowest BCUT2D eigenvalue weighted by molar-refractivity contribution is 0.212. The highest BCUT2D eigenvalue weighted by Crippen LogP contribution is 2.27. The molecule has 0 radical (unpaired) electrons. The highest BCUT2D eigenvalue weighted by atomic mass is 35.5. The van der Waals surface area contributed by atoms with E-state index in [1.807, 2.05) is 13.8 Å². The minimum absolute atomic E-state index is 0.105. The number of carbonyl (C=O) groups is 1. The molecule has 1 aromatic rings. The fourth-order valence-corrected chi connectivity index (χ4v) is 2.54. The zero-order chi connectivity index (χ0) is 16.3. The molecule has 2 amide bonds. The van der Waals surface area contributed by atoms with Crippen molar-refractivity contribution in [3.05, 3.63) is 16.5 Å². The summed E-state index contributed by atoms with van der Waals surface area (Å²) in [6.45, 7) is 10.3. The molecule has 1 rings (SSSR count). The molecule has 21 heavy (non-hydrogen) atoms. The van der Waals surface area contributed by atoms with Gasteiger partial charge in [-0.25, -0.2) is 14.8 Å². The van der Waals surface area contributed by atoms with Crippen LogP contribution in [0.15, 0.2) is 6.33 Å². The Labute approximate surface area is 135 Å². The van der Waals surface area contributed by atoms with E-state index in [0.717, 1.165) is 6.42 Å². The second kappa shape index (κ2) is 6.66. The maximum absolute atomic E-state index is 11.9. The quantitative estimate of drug-likeness (QED) is 0.580. The van der Waals surface area contributed by atoms with Gasteiger partial charge >= 0.3 is 6.03 Å². The minimum atomic E-state index is -0.380. The van der Waals surface area contributed by atoms with Crippen LogP contribution < -0.4 is 16.2 Å². The Morgan fingerprint density at radius 3 is 2.38 bits per heavy atom. The van der Waals surface area contributed by atoms with Crippen LogP contribution in [-0.4, -0.2) is 21.5 Å². The molecule has 0 bridgehead atoms. The third-order valence-electron chi connectivity index (χ3n) is 2.47. The predicted molar refractivity (Wildman–Crippen MR) is 85.5 cm³/mol. The van der Waals surface area contributed by atoms with Crippen LogP contribution in [-0.2, 0) is 0 Å². The summed E-state index contributed by atoms with van der Waals surface area (Å²) in [5, 5.41) is 3.15. The number of amides is 2. The van der Waals surface area contributed by atoms with E-state index in [9.17, 15) is 4.79 Å². The number of aromatic nitrogens is 2. The van der Waals surface area contributed by atoms with Crippen molar-refractivity contribution in [3.8, 4) is 0 Å².